The van der Waals surface area contributed by atoms with Gasteiger partial charge in [-0.2, -0.15) is 5.10 Å². The monoisotopic (exact) mass is 361 g/mol. The van der Waals surface area contributed by atoms with Gasteiger partial charge in [0.05, 0.1) is 5.71 Å². The molecule has 0 saturated heterocycles. The maximum Gasteiger partial charge on any atom is 0.277 e. The van der Waals surface area contributed by atoms with Crippen molar-refractivity contribution in [3.05, 3.63) is 53.2 Å². The second-order valence-electron chi connectivity index (χ2n) is 5.53. The first kappa shape index (κ1) is 19.2. The molecule has 2 rings (SSSR count). The van der Waals surface area contributed by atoms with Crippen LogP contribution in [0.2, 0.25) is 0 Å². The molecule has 1 aromatic heterocycles. The standard InChI is InChI=1S/C18H19FN2O5/c1-11(16-9-15(26-12(16)2)6-7-18(23)24)20-21-17(22)10-25-14-5-3-4-13(19)8-14/h3-5,8-9H,6-7,10H2,1-2H3,(H,21,22)(H,23,24)/p-1/b20-11-. The number of rotatable bonds is 8. The van der Waals surface area contributed by atoms with Gasteiger partial charge in [-0.15, -0.1) is 0 Å². The van der Waals surface area contributed by atoms with Crippen LogP contribution in [0.15, 0.2) is 39.9 Å². The zero-order valence-electron chi connectivity index (χ0n) is 14.4. The van der Waals surface area contributed by atoms with E-state index in [4.69, 9.17) is 9.15 Å². The number of nitrogens with one attached hydrogen (secondary N) is 1. The van der Waals surface area contributed by atoms with Crippen LogP contribution in [0, 0.1) is 12.7 Å². The molecule has 0 spiro atoms. The number of nitrogens with zero attached hydrogens (tertiary/aromatic N) is 1. The van der Waals surface area contributed by atoms with Gasteiger partial charge in [0.25, 0.3) is 5.91 Å². The molecular weight excluding hydrogens is 343 g/mol. The van der Waals surface area contributed by atoms with Gasteiger partial charge in [-0.1, -0.05) is 6.07 Å². The quantitative estimate of drug-likeness (QED) is 0.564. The summed E-state index contributed by atoms with van der Waals surface area (Å²) in [5, 5.41) is 14.5. The second-order valence-corrected chi connectivity index (χ2v) is 5.53. The first-order chi connectivity index (χ1) is 12.3. The van der Waals surface area contributed by atoms with E-state index in [0.717, 1.165) is 0 Å². The molecule has 0 atom stereocenters. The van der Waals surface area contributed by atoms with Gasteiger partial charge in [-0.25, -0.2) is 9.82 Å². The van der Waals surface area contributed by atoms with Gasteiger partial charge < -0.3 is 19.1 Å². The highest BCUT2D eigenvalue weighted by molar-refractivity contribution is 6.00. The number of carboxylic acid groups (broad SMARTS) is 1. The summed E-state index contributed by atoms with van der Waals surface area (Å²) in [5.74, 6) is -0.823. The lowest BCUT2D eigenvalue weighted by Crippen LogP contribution is -2.25. The number of furan rings is 1. The minimum atomic E-state index is -1.16. The summed E-state index contributed by atoms with van der Waals surface area (Å²) < 4.78 is 23.7. The summed E-state index contributed by atoms with van der Waals surface area (Å²) in [6.07, 6.45) is 0.0705. The molecule has 0 aliphatic carbocycles. The van der Waals surface area contributed by atoms with Gasteiger partial charge in [-0.3, -0.25) is 4.79 Å². The summed E-state index contributed by atoms with van der Waals surface area (Å²) in [6, 6.07) is 7.13. The number of ether oxygens (including phenoxy) is 1. The highest BCUT2D eigenvalue weighted by atomic mass is 19.1. The summed E-state index contributed by atoms with van der Waals surface area (Å²) in [7, 11) is 0. The van der Waals surface area contributed by atoms with E-state index in [1.807, 2.05) is 0 Å². The molecule has 0 bridgehead atoms. The van der Waals surface area contributed by atoms with Crippen LogP contribution in [0.4, 0.5) is 4.39 Å². The van der Waals surface area contributed by atoms with E-state index >= 15 is 0 Å². The van der Waals surface area contributed by atoms with E-state index in [1.165, 1.54) is 24.3 Å². The largest absolute Gasteiger partial charge is 0.550 e. The number of hydrazone groups is 1. The van der Waals surface area contributed by atoms with Gasteiger partial charge in [0.2, 0.25) is 0 Å². The average Bonchev–Trinajstić information content (AvgIpc) is 2.97. The predicted molar refractivity (Wildman–Crippen MR) is 89.0 cm³/mol. The van der Waals surface area contributed by atoms with E-state index in [2.05, 4.69) is 10.5 Å². The predicted octanol–water partition coefficient (Wildman–Crippen LogP) is 1.33. The minimum absolute atomic E-state index is 0.142. The van der Waals surface area contributed by atoms with Crippen molar-refractivity contribution >= 4 is 17.6 Å². The Morgan fingerprint density at radius 3 is 2.81 bits per heavy atom. The SMILES string of the molecule is C/C(=N/NC(=O)COc1cccc(F)c1)c1cc(CCC(=O)[O-])oc1C. The van der Waals surface area contributed by atoms with Crippen LogP contribution >= 0.6 is 0 Å². The lowest BCUT2D eigenvalue weighted by atomic mass is 10.1. The van der Waals surface area contributed by atoms with Crippen molar-refractivity contribution < 1.29 is 28.2 Å². The van der Waals surface area contributed by atoms with Gasteiger partial charge in [0.15, 0.2) is 6.61 Å². The topological polar surface area (TPSA) is 104 Å². The van der Waals surface area contributed by atoms with E-state index in [1.54, 1.807) is 19.9 Å². The Kier molecular flexibility index (Phi) is 6.48. The molecule has 0 aliphatic heterocycles. The summed E-state index contributed by atoms with van der Waals surface area (Å²) in [6.45, 7) is 3.07. The van der Waals surface area contributed by atoms with Crippen molar-refractivity contribution in [2.45, 2.75) is 26.7 Å². The molecule has 0 fully saturated rings. The van der Waals surface area contributed by atoms with Gasteiger partial charge in [0, 0.05) is 24.0 Å². The first-order valence-corrected chi connectivity index (χ1v) is 7.86. The lowest BCUT2D eigenvalue weighted by Gasteiger charge is -2.05. The van der Waals surface area contributed by atoms with Gasteiger partial charge >= 0.3 is 0 Å². The Morgan fingerprint density at radius 2 is 2.12 bits per heavy atom. The smallest absolute Gasteiger partial charge is 0.277 e. The van der Waals surface area contributed by atoms with Crippen LogP contribution in [0.3, 0.4) is 0 Å². The Labute approximate surface area is 149 Å². The number of aliphatic carboxylic acids is 1. The molecule has 1 N–H and O–H groups in total. The van der Waals surface area contributed by atoms with Crippen molar-refractivity contribution in [2.24, 2.45) is 5.10 Å². The number of carboxylic acids is 1. The molecule has 1 aromatic carbocycles. The Balaban J connectivity index is 1.90. The van der Waals surface area contributed by atoms with Crippen LogP contribution in [-0.2, 0) is 16.0 Å². The van der Waals surface area contributed by atoms with Crippen LogP contribution in [-0.4, -0.2) is 24.2 Å². The zero-order valence-corrected chi connectivity index (χ0v) is 14.4. The fraction of sp³-hybridized carbons (Fsp3) is 0.278. The van der Waals surface area contributed by atoms with Crippen molar-refractivity contribution in [3.8, 4) is 5.75 Å². The fourth-order valence-electron chi connectivity index (χ4n) is 2.20. The van der Waals surface area contributed by atoms with Crippen molar-refractivity contribution in [2.75, 3.05) is 6.61 Å². The number of hydrogen-bond donors (Lipinski definition) is 1. The number of carbonyl (C=O) groups excluding carboxylic acids is 2. The molecule has 26 heavy (non-hydrogen) atoms. The van der Waals surface area contributed by atoms with Crippen LogP contribution in [0.5, 0.6) is 5.75 Å². The molecule has 0 saturated carbocycles. The molecule has 8 heteroatoms. The number of amides is 1. The van der Waals surface area contributed by atoms with Gasteiger partial charge in [-0.05, 0) is 38.5 Å². The molecular formula is C18H18FN2O5-. The minimum Gasteiger partial charge on any atom is -0.550 e. The Hall–Kier alpha value is -3.16. The van der Waals surface area contributed by atoms with Crippen LogP contribution in [0.25, 0.3) is 0 Å². The molecule has 0 aliphatic rings. The first-order valence-electron chi connectivity index (χ1n) is 7.86. The maximum absolute atomic E-state index is 13.0. The molecule has 1 amide bonds. The average molecular weight is 361 g/mol. The third kappa shape index (κ3) is 5.73. The zero-order chi connectivity index (χ0) is 19.1. The maximum atomic E-state index is 13.0. The highest BCUT2D eigenvalue weighted by Gasteiger charge is 2.11. The van der Waals surface area contributed by atoms with E-state index < -0.39 is 17.7 Å². The molecule has 138 valence electrons. The third-order valence-electron chi connectivity index (χ3n) is 3.45. The normalized spacial score (nSPS) is 11.3. The molecule has 1 heterocycles. The highest BCUT2D eigenvalue weighted by Crippen LogP contribution is 2.17. The van der Waals surface area contributed by atoms with Gasteiger partial charge in [0.1, 0.15) is 23.1 Å². The van der Waals surface area contributed by atoms with Crippen LogP contribution in [0.1, 0.15) is 30.4 Å². The summed E-state index contributed by atoms with van der Waals surface area (Å²) >= 11 is 0. The summed E-state index contributed by atoms with van der Waals surface area (Å²) in [5.41, 5.74) is 3.48. The Morgan fingerprint density at radius 1 is 1.35 bits per heavy atom. The van der Waals surface area contributed by atoms with E-state index in [-0.39, 0.29) is 25.2 Å². The van der Waals surface area contributed by atoms with E-state index in [9.17, 15) is 19.1 Å². The molecule has 2 aromatic rings. The number of hydrogen-bond acceptors (Lipinski definition) is 6. The van der Waals surface area contributed by atoms with Crippen molar-refractivity contribution in [1.29, 1.82) is 0 Å². The molecule has 0 unspecified atom stereocenters. The summed E-state index contributed by atoms with van der Waals surface area (Å²) in [4.78, 5) is 22.3. The fourth-order valence-corrected chi connectivity index (χ4v) is 2.20. The number of carbonyl (C=O) groups is 2. The van der Waals surface area contributed by atoms with Crippen LogP contribution < -0.4 is 15.3 Å². The number of benzene rings is 1. The second kappa shape index (κ2) is 8.80. The number of aryl methyl sites for hydroxylation is 2. The van der Waals surface area contributed by atoms with Crippen molar-refractivity contribution in [3.63, 3.8) is 0 Å². The molecule has 0 radical (unpaired) electrons. The molecule has 7 nitrogen and oxygen atoms in total. The van der Waals surface area contributed by atoms with Crippen molar-refractivity contribution in [1.82, 2.24) is 5.43 Å². The van der Waals surface area contributed by atoms with E-state index in [0.29, 0.717) is 22.8 Å². The number of halogens is 1. The lowest BCUT2D eigenvalue weighted by molar-refractivity contribution is -0.305. The third-order valence-corrected chi connectivity index (χ3v) is 3.45. The Bertz CT molecular complexity index is 829.